The van der Waals surface area contributed by atoms with Crippen LogP contribution in [0.15, 0.2) is 0 Å². The first-order chi connectivity index (χ1) is 8.25. The Bertz CT molecular complexity index is 357. The van der Waals surface area contributed by atoms with E-state index in [0.29, 0.717) is 19.4 Å². The number of nitrogens with zero attached hydrogens (tertiary/aromatic N) is 1. The topological polar surface area (TPSA) is 98.7 Å². The number of likely N-dealkylation sites (N-methyl/N-ethyl adjacent to an activating group) is 1. The Morgan fingerprint density at radius 3 is 2.56 bits per heavy atom. The number of nitrogens with one attached hydrogen (secondary N) is 2. The van der Waals surface area contributed by atoms with E-state index in [1.165, 1.54) is 20.9 Å². The van der Waals surface area contributed by atoms with Crippen LogP contribution in [-0.2, 0) is 9.59 Å². The van der Waals surface area contributed by atoms with Crippen molar-refractivity contribution in [2.45, 2.75) is 38.3 Å². The second-order valence-corrected chi connectivity index (χ2v) is 4.91. The summed E-state index contributed by atoms with van der Waals surface area (Å²) in [5, 5.41) is 14.4. The molecule has 102 valence electrons. The molecule has 1 fully saturated rings. The van der Waals surface area contributed by atoms with E-state index < -0.39 is 17.5 Å². The van der Waals surface area contributed by atoms with Gasteiger partial charge in [-0.3, -0.25) is 4.79 Å². The van der Waals surface area contributed by atoms with Crippen molar-refractivity contribution in [3.8, 4) is 0 Å². The van der Waals surface area contributed by atoms with Crippen LogP contribution in [0.5, 0.6) is 0 Å². The van der Waals surface area contributed by atoms with E-state index in [-0.39, 0.29) is 11.9 Å². The average Bonchev–Trinajstić information content (AvgIpc) is 2.30. The van der Waals surface area contributed by atoms with Gasteiger partial charge in [0, 0.05) is 26.1 Å². The maximum absolute atomic E-state index is 11.9. The van der Waals surface area contributed by atoms with Crippen molar-refractivity contribution in [1.82, 2.24) is 15.5 Å². The van der Waals surface area contributed by atoms with Gasteiger partial charge in [-0.05, 0) is 20.3 Å². The monoisotopic (exact) mass is 257 g/mol. The van der Waals surface area contributed by atoms with Crippen molar-refractivity contribution in [3.05, 3.63) is 0 Å². The van der Waals surface area contributed by atoms with Crippen molar-refractivity contribution < 1.29 is 19.5 Å². The van der Waals surface area contributed by atoms with E-state index >= 15 is 0 Å². The van der Waals surface area contributed by atoms with Crippen LogP contribution in [0.3, 0.4) is 0 Å². The molecule has 1 rings (SSSR count). The van der Waals surface area contributed by atoms with Gasteiger partial charge in [-0.1, -0.05) is 0 Å². The maximum atomic E-state index is 11.9. The molecule has 7 nitrogen and oxygen atoms in total. The second kappa shape index (κ2) is 5.24. The number of urea groups is 1. The Labute approximate surface area is 106 Å². The second-order valence-electron chi connectivity index (χ2n) is 4.91. The lowest BCUT2D eigenvalue weighted by Gasteiger charge is -2.33. The molecule has 18 heavy (non-hydrogen) atoms. The predicted octanol–water partition coefficient (Wildman–Crippen LogP) is -0.230. The standard InChI is InChI=1S/C11H19N3O4/c1-11(2,9(16)17)14(3)10(18)13-7-4-5-8(15)12-6-7/h7H,4-6H2,1-3H3,(H,12,15)(H,13,18)(H,16,17). The minimum absolute atomic E-state index is 0.0280. The molecule has 0 aromatic heterocycles. The third-order valence-electron chi connectivity index (χ3n) is 3.26. The van der Waals surface area contributed by atoms with Crippen molar-refractivity contribution in [2.75, 3.05) is 13.6 Å². The minimum Gasteiger partial charge on any atom is -0.480 e. The van der Waals surface area contributed by atoms with E-state index in [0.717, 1.165) is 4.90 Å². The third kappa shape index (κ3) is 3.12. The van der Waals surface area contributed by atoms with Crippen molar-refractivity contribution in [3.63, 3.8) is 0 Å². The molecule has 1 saturated heterocycles. The molecule has 0 aromatic carbocycles. The van der Waals surface area contributed by atoms with E-state index in [9.17, 15) is 14.4 Å². The molecule has 0 spiro atoms. The number of carbonyl (C=O) groups excluding carboxylic acids is 2. The molecule has 0 aliphatic carbocycles. The van der Waals surface area contributed by atoms with Crippen LogP contribution in [0, 0.1) is 0 Å². The van der Waals surface area contributed by atoms with E-state index in [4.69, 9.17) is 5.11 Å². The smallest absolute Gasteiger partial charge is 0.329 e. The molecule has 3 amide bonds. The van der Waals surface area contributed by atoms with Crippen molar-refractivity contribution in [2.24, 2.45) is 0 Å². The van der Waals surface area contributed by atoms with Crippen molar-refractivity contribution >= 4 is 17.9 Å². The highest BCUT2D eigenvalue weighted by atomic mass is 16.4. The molecule has 1 unspecified atom stereocenters. The number of hydrogen-bond donors (Lipinski definition) is 3. The minimum atomic E-state index is -1.28. The molecule has 1 aliphatic heterocycles. The van der Waals surface area contributed by atoms with E-state index in [2.05, 4.69) is 10.6 Å². The molecule has 0 saturated carbocycles. The summed E-state index contributed by atoms with van der Waals surface area (Å²) in [5.41, 5.74) is -1.28. The Balaban J connectivity index is 2.55. The number of rotatable bonds is 3. The van der Waals surface area contributed by atoms with Gasteiger partial charge in [-0.15, -0.1) is 0 Å². The summed E-state index contributed by atoms with van der Waals surface area (Å²) in [5.74, 6) is -1.10. The number of carboxylic acid groups (broad SMARTS) is 1. The van der Waals surface area contributed by atoms with Gasteiger partial charge in [0.05, 0.1) is 0 Å². The van der Waals surface area contributed by atoms with Gasteiger partial charge >= 0.3 is 12.0 Å². The van der Waals surface area contributed by atoms with Crippen LogP contribution in [-0.4, -0.2) is 53.1 Å². The molecular weight excluding hydrogens is 238 g/mol. The first kappa shape index (κ1) is 14.3. The first-order valence-corrected chi connectivity index (χ1v) is 5.79. The zero-order valence-corrected chi connectivity index (χ0v) is 10.8. The lowest BCUT2D eigenvalue weighted by Crippen LogP contribution is -2.57. The van der Waals surface area contributed by atoms with Crippen LogP contribution in [0.4, 0.5) is 4.79 Å². The summed E-state index contributed by atoms with van der Waals surface area (Å²) in [4.78, 5) is 35.0. The number of hydrogen-bond acceptors (Lipinski definition) is 3. The maximum Gasteiger partial charge on any atom is 0.329 e. The van der Waals surface area contributed by atoms with Gasteiger partial charge in [0.15, 0.2) is 0 Å². The van der Waals surface area contributed by atoms with Crippen LogP contribution in [0.25, 0.3) is 0 Å². The number of carbonyl (C=O) groups is 3. The first-order valence-electron chi connectivity index (χ1n) is 5.79. The van der Waals surface area contributed by atoms with Gasteiger partial charge < -0.3 is 20.6 Å². The summed E-state index contributed by atoms with van der Waals surface area (Å²) in [6.45, 7) is 3.29. The lowest BCUT2D eigenvalue weighted by molar-refractivity contribution is -0.146. The van der Waals surface area contributed by atoms with E-state index in [1.54, 1.807) is 0 Å². The van der Waals surface area contributed by atoms with Crippen LogP contribution in [0.1, 0.15) is 26.7 Å². The lowest BCUT2D eigenvalue weighted by atomic mass is 10.0. The Morgan fingerprint density at radius 2 is 2.11 bits per heavy atom. The summed E-state index contributed by atoms with van der Waals surface area (Å²) in [6, 6.07) is -0.606. The highest BCUT2D eigenvalue weighted by Crippen LogP contribution is 2.13. The SMILES string of the molecule is CN(C(=O)NC1CCC(=O)NC1)C(C)(C)C(=O)O. The Kier molecular flexibility index (Phi) is 4.15. The molecule has 0 aromatic rings. The van der Waals surface area contributed by atoms with Gasteiger partial charge in [0.25, 0.3) is 0 Å². The molecule has 3 N–H and O–H groups in total. The van der Waals surface area contributed by atoms with Gasteiger partial charge in [0.1, 0.15) is 5.54 Å². The normalized spacial score (nSPS) is 19.9. The number of amides is 3. The number of aliphatic carboxylic acids is 1. The van der Waals surface area contributed by atoms with Gasteiger partial charge in [-0.25, -0.2) is 9.59 Å². The quantitative estimate of drug-likeness (QED) is 0.650. The van der Waals surface area contributed by atoms with E-state index in [1.807, 2.05) is 0 Å². The third-order valence-corrected chi connectivity index (χ3v) is 3.26. The molecule has 0 bridgehead atoms. The van der Waals surface area contributed by atoms with Gasteiger partial charge in [-0.2, -0.15) is 0 Å². The highest BCUT2D eigenvalue weighted by molar-refractivity contribution is 5.85. The summed E-state index contributed by atoms with van der Waals surface area (Å²) >= 11 is 0. The molecular formula is C11H19N3O4. The molecule has 7 heteroatoms. The Hall–Kier alpha value is -1.79. The van der Waals surface area contributed by atoms with Crippen LogP contribution in [0.2, 0.25) is 0 Å². The van der Waals surface area contributed by atoms with Crippen LogP contribution < -0.4 is 10.6 Å². The summed E-state index contributed by atoms with van der Waals surface area (Å²) in [6.07, 6.45) is 0.940. The fourth-order valence-corrected chi connectivity index (χ4v) is 1.52. The molecule has 1 heterocycles. The average molecular weight is 257 g/mol. The van der Waals surface area contributed by atoms with Crippen molar-refractivity contribution in [1.29, 1.82) is 0 Å². The number of piperidine rings is 1. The molecule has 1 aliphatic rings. The largest absolute Gasteiger partial charge is 0.480 e. The summed E-state index contributed by atoms with van der Waals surface area (Å²) in [7, 11) is 1.44. The highest BCUT2D eigenvalue weighted by Gasteiger charge is 2.36. The number of carboxylic acids is 1. The zero-order chi connectivity index (χ0) is 13.9. The zero-order valence-electron chi connectivity index (χ0n) is 10.8. The predicted molar refractivity (Wildman–Crippen MR) is 64.0 cm³/mol. The molecule has 1 atom stereocenters. The fraction of sp³-hybridized carbons (Fsp3) is 0.727. The summed E-state index contributed by atoms with van der Waals surface area (Å²) < 4.78 is 0. The van der Waals surface area contributed by atoms with Crippen LogP contribution >= 0.6 is 0 Å². The fourth-order valence-electron chi connectivity index (χ4n) is 1.52. The van der Waals surface area contributed by atoms with Gasteiger partial charge in [0.2, 0.25) is 5.91 Å². The molecule has 0 radical (unpaired) electrons. The Morgan fingerprint density at radius 1 is 1.50 bits per heavy atom.